The van der Waals surface area contributed by atoms with Crippen LogP contribution in [-0.4, -0.2) is 11.9 Å². The van der Waals surface area contributed by atoms with Gasteiger partial charge in [0.15, 0.2) is 0 Å². The second-order valence-electron chi connectivity index (χ2n) is 15.4. The van der Waals surface area contributed by atoms with Crippen LogP contribution in [0.15, 0.2) is 97.1 Å². The van der Waals surface area contributed by atoms with Crippen LogP contribution < -0.4 is 9.47 Å². The second kappa shape index (κ2) is 15.8. The molecule has 4 heteroatoms. The van der Waals surface area contributed by atoms with Crippen molar-refractivity contribution < 1.29 is 19.1 Å². The van der Waals surface area contributed by atoms with E-state index in [-0.39, 0.29) is 23.8 Å². The summed E-state index contributed by atoms with van der Waals surface area (Å²) in [6.07, 6.45) is 12.2. The number of rotatable bonds is 8. The number of aryl methyl sites for hydroxylation is 2. The van der Waals surface area contributed by atoms with Crippen molar-refractivity contribution in [3.05, 3.63) is 130 Å². The van der Waals surface area contributed by atoms with E-state index in [2.05, 4.69) is 86.6 Å². The van der Waals surface area contributed by atoms with Gasteiger partial charge in [-0.1, -0.05) is 83.9 Å². The molecule has 0 unspecified atom stereocenters. The van der Waals surface area contributed by atoms with Gasteiger partial charge in [0, 0.05) is 0 Å². The van der Waals surface area contributed by atoms with E-state index in [1.165, 1.54) is 84.7 Å². The minimum Gasteiger partial charge on any atom is -0.426 e. The molecule has 50 heavy (non-hydrogen) atoms. The molecule has 4 aromatic carbocycles. The number of carbonyl (C=O) groups is 2. The Labute approximate surface area is 298 Å². The third kappa shape index (κ3) is 8.40. The van der Waals surface area contributed by atoms with Crippen LogP contribution in [0.25, 0.3) is 0 Å². The molecule has 0 amide bonds. The van der Waals surface area contributed by atoms with Crippen molar-refractivity contribution >= 4 is 11.9 Å². The normalized spacial score (nSPS) is 25.4. The molecule has 260 valence electrons. The van der Waals surface area contributed by atoms with Crippen molar-refractivity contribution in [1.82, 2.24) is 0 Å². The zero-order valence-corrected chi connectivity index (χ0v) is 29.8. The number of ether oxygens (including phenoxy) is 2. The summed E-state index contributed by atoms with van der Waals surface area (Å²) in [5.41, 5.74) is 8.23. The third-order valence-corrected chi connectivity index (χ3v) is 12.1. The topological polar surface area (TPSA) is 52.6 Å². The Morgan fingerprint density at radius 1 is 0.380 bits per heavy atom. The van der Waals surface area contributed by atoms with E-state index in [0.29, 0.717) is 60.9 Å². The van der Waals surface area contributed by atoms with Gasteiger partial charge in [-0.2, -0.15) is 0 Å². The molecule has 0 atom stereocenters. The van der Waals surface area contributed by atoms with Crippen LogP contribution in [0.4, 0.5) is 0 Å². The van der Waals surface area contributed by atoms with Crippen LogP contribution in [0, 0.1) is 25.7 Å². The van der Waals surface area contributed by atoms with E-state index >= 15 is 0 Å². The zero-order valence-electron chi connectivity index (χ0n) is 29.8. The van der Waals surface area contributed by atoms with E-state index < -0.39 is 0 Å². The molecule has 4 nitrogen and oxygen atoms in total. The molecule has 0 radical (unpaired) electrons. The van der Waals surface area contributed by atoms with Gasteiger partial charge in [0.25, 0.3) is 0 Å². The van der Waals surface area contributed by atoms with Crippen molar-refractivity contribution in [2.75, 3.05) is 0 Å². The van der Waals surface area contributed by atoms with Crippen LogP contribution in [0.3, 0.4) is 0 Å². The molecule has 0 aromatic heterocycles. The first-order valence-corrected chi connectivity index (χ1v) is 19.1. The highest BCUT2D eigenvalue weighted by Crippen LogP contribution is 2.42. The van der Waals surface area contributed by atoms with Crippen molar-refractivity contribution in [3.8, 4) is 11.5 Å². The smallest absolute Gasteiger partial charge is 0.314 e. The Hall–Kier alpha value is -4.18. The molecule has 3 fully saturated rings. The summed E-state index contributed by atoms with van der Waals surface area (Å²) in [7, 11) is 0. The van der Waals surface area contributed by atoms with E-state index in [1.807, 2.05) is 24.3 Å². The van der Waals surface area contributed by atoms with Crippen LogP contribution in [0.5, 0.6) is 11.5 Å². The average molecular weight is 669 g/mol. The standard InChI is InChI=1S/C46H52O4/c1-31-3-7-33(8-4-31)35-11-15-37(16-12-35)39-23-27-43(28-24-39)49-45(47)41-19-21-42(22-20-41)46(48)50-44-29-25-40(26-30-44)38-17-13-36(14-18-38)34-9-5-32(2)6-10-34/h3-10,23-30,35-38,41-42H,11-22H2,1-2H3. The molecule has 3 aliphatic carbocycles. The van der Waals surface area contributed by atoms with E-state index in [4.69, 9.17) is 9.47 Å². The molecule has 0 saturated heterocycles. The zero-order chi connectivity index (χ0) is 34.5. The summed E-state index contributed by atoms with van der Waals surface area (Å²) in [5.74, 6) is 2.90. The molecule has 3 saturated carbocycles. The molecular formula is C46H52O4. The maximum atomic E-state index is 13.0. The van der Waals surface area contributed by atoms with Gasteiger partial charge < -0.3 is 9.47 Å². The lowest BCUT2D eigenvalue weighted by molar-refractivity contribution is -0.145. The molecular weight excluding hydrogens is 617 g/mol. The molecule has 0 aliphatic heterocycles. The van der Waals surface area contributed by atoms with E-state index in [0.717, 1.165) is 0 Å². The molecule has 7 rings (SSSR count). The second-order valence-corrected chi connectivity index (χ2v) is 15.4. The minimum absolute atomic E-state index is 0.184. The number of carbonyl (C=O) groups excluding carboxylic acids is 2. The summed E-state index contributed by atoms with van der Waals surface area (Å²) in [4.78, 5) is 26.1. The van der Waals surface area contributed by atoms with Gasteiger partial charge >= 0.3 is 11.9 Å². The summed E-state index contributed by atoms with van der Waals surface area (Å²) < 4.78 is 11.6. The molecule has 4 aromatic rings. The highest BCUT2D eigenvalue weighted by atomic mass is 16.5. The summed E-state index contributed by atoms with van der Waals surface area (Å²) >= 11 is 0. The predicted molar refractivity (Wildman–Crippen MR) is 200 cm³/mol. The van der Waals surface area contributed by atoms with Gasteiger partial charge in [-0.3, -0.25) is 9.59 Å². The van der Waals surface area contributed by atoms with Gasteiger partial charge in [0.2, 0.25) is 0 Å². The van der Waals surface area contributed by atoms with E-state index in [9.17, 15) is 9.59 Å². The fourth-order valence-corrected chi connectivity index (χ4v) is 8.78. The number of hydrogen-bond acceptors (Lipinski definition) is 4. The first-order valence-electron chi connectivity index (χ1n) is 19.1. The van der Waals surface area contributed by atoms with Crippen molar-refractivity contribution in [2.45, 2.75) is 115 Å². The fourth-order valence-electron chi connectivity index (χ4n) is 8.78. The lowest BCUT2D eigenvalue weighted by Crippen LogP contribution is -2.30. The van der Waals surface area contributed by atoms with Crippen LogP contribution >= 0.6 is 0 Å². The van der Waals surface area contributed by atoms with Gasteiger partial charge in [-0.25, -0.2) is 0 Å². The van der Waals surface area contributed by atoms with Crippen molar-refractivity contribution in [2.24, 2.45) is 11.8 Å². The molecule has 0 bridgehead atoms. The third-order valence-electron chi connectivity index (χ3n) is 12.1. The molecule has 3 aliphatic rings. The Morgan fingerprint density at radius 3 is 0.880 bits per heavy atom. The van der Waals surface area contributed by atoms with Crippen LogP contribution in [0.1, 0.15) is 134 Å². The maximum Gasteiger partial charge on any atom is 0.314 e. The highest BCUT2D eigenvalue weighted by Gasteiger charge is 2.32. The summed E-state index contributed by atoms with van der Waals surface area (Å²) in [6, 6.07) is 34.4. The maximum absolute atomic E-state index is 13.0. The SMILES string of the molecule is Cc1ccc(C2CCC(c3ccc(OC(=O)C4CCC(C(=O)Oc5ccc(C6CCC(c7ccc(C)cc7)CC6)cc5)CC4)cc3)CC2)cc1. The number of hydrogen-bond donors (Lipinski definition) is 0. The lowest BCUT2D eigenvalue weighted by Gasteiger charge is -2.29. The van der Waals surface area contributed by atoms with Gasteiger partial charge in [0.05, 0.1) is 11.8 Å². The monoisotopic (exact) mass is 668 g/mol. The van der Waals surface area contributed by atoms with Crippen LogP contribution in [-0.2, 0) is 9.59 Å². The number of benzene rings is 4. The molecule has 0 spiro atoms. The Morgan fingerprint density at radius 2 is 0.620 bits per heavy atom. The fraction of sp³-hybridized carbons (Fsp3) is 0.435. The highest BCUT2D eigenvalue weighted by molar-refractivity contribution is 5.77. The number of esters is 2. The summed E-state index contributed by atoms with van der Waals surface area (Å²) in [5, 5.41) is 0. The van der Waals surface area contributed by atoms with Crippen molar-refractivity contribution in [3.63, 3.8) is 0 Å². The largest absolute Gasteiger partial charge is 0.426 e. The predicted octanol–water partition coefficient (Wildman–Crippen LogP) is 11.5. The Bertz CT molecular complexity index is 1570. The Kier molecular flexibility index (Phi) is 10.8. The van der Waals surface area contributed by atoms with Crippen LogP contribution in [0.2, 0.25) is 0 Å². The van der Waals surface area contributed by atoms with Gasteiger partial charge in [-0.05, 0) is 161 Å². The summed E-state index contributed by atoms with van der Waals surface area (Å²) in [6.45, 7) is 4.28. The lowest BCUT2D eigenvalue weighted by atomic mass is 9.76. The molecule has 0 heterocycles. The molecule has 0 N–H and O–H groups in total. The van der Waals surface area contributed by atoms with Gasteiger partial charge in [-0.15, -0.1) is 0 Å². The first kappa shape index (κ1) is 34.3. The van der Waals surface area contributed by atoms with Crippen molar-refractivity contribution in [1.29, 1.82) is 0 Å². The van der Waals surface area contributed by atoms with E-state index in [1.54, 1.807) is 0 Å². The Balaban J connectivity index is 0.822. The van der Waals surface area contributed by atoms with Gasteiger partial charge in [0.1, 0.15) is 11.5 Å². The minimum atomic E-state index is -0.188. The quantitative estimate of drug-likeness (QED) is 0.138. The average Bonchev–Trinajstić information content (AvgIpc) is 3.16. The first-order chi connectivity index (χ1) is 24.4.